The van der Waals surface area contributed by atoms with Crippen molar-refractivity contribution in [2.75, 3.05) is 6.61 Å². The molecule has 0 saturated heterocycles. The number of benzene rings is 3. The van der Waals surface area contributed by atoms with Gasteiger partial charge in [0.2, 0.25) is 5.91 Å². The van der Waals surface area contributed by atoms with Crippen molar-refractivity contribution in [2.24, 2.45) is 0 Å². The number of hydrogen-bond acceptors (Lipinski definition) is 3. The van der Waals surface area contributed by atoms with E-state index < -0.39 is 6.04 Å². The molecule has 6 heteroatoms. The monoisotopic (exact) mass is 578 g/mol. The van der Waals surface area contributed by atoms with Crippen LogP contribution in [-0.2, 0) is 28.0 Å². The topological polar surface area (TPSA) is 58.6 Å². The van der Waals surface area contributed by atoms with Gasteiger partial charge >= 0.3 is 0 Å². The van der Waals surface area contributed by atoms with Gasteiger partial charge in [-0.2, -0.15) is 0 Å². The third-order valence-corrected chi connectivity index (χ3v) is 7.09. The van der Waals surface area contributed by atoms with Crippen molar-refractivity contribution >= 4 is 27.7 Å². The van der Waals surface area contributed by atoms with Crippen molar-refractivity contribution in [3.63, 3.8) is 0 Å². The number of carbonyl (C=O) groups is 2. The summed E-state index contributed by atoms with van der Waals surface area (Å²) in [7, 11) is 0. The lowest BCUT2D eigenvalue weighted by Gasteiger charge is -2.32. The first-order valence-electron chi connectivity index (χ1n) is 13.2. The fraction of sp³-hybridized carbons (Fsp3) is 0.375. The Morgan fingerprint density at radius 2 is 1.61 bits per heavy atom. The van der Waals surface area contributed by atoms with Gasteiger partial charge in [0, 0.05) is 23.5 Å². The smallest absolute Gasteiger partial charge is 0.261 e. The molecule has 202 valence electrons. The van der Waals surface area contributed by atoms with E-state index in [4.69, 9.17) is 4.74 Å². The summed E-state index contributed by atoms with van der Waals surface area (Å²) in [4.78, 5) is 29.0. The maximum Gasteiger partial charge on any atom is 0.261 e. The van der Waals surface area contributed by atoms with Crippen LogP contribution in [0.3, 0.4) is 0 Å². The van der Waals surface area contributed by atoms with Gasteiger partial charge in [0.15, 0.2) is 6.61 Å². The number of hydrogen-bond donors (Lipinski definition) is 1. The third-order valence-electron chi connectivity index (χ3n) is 6.60. The van der Waals surface area contributed by atoms with E-state index in [1.165, 1.54) is 5.56 Å². The summed E-state index contributed by atoms with van der Waals surface area (Å²) in [5.74, 6) is 0.212. The van der Waals surface area contributed by atoms with Crippen molar-refractivity contribution < 1.29 is 14.3 Å². The van der Waals surface area contributed by atoms with Gasteiger partial charge in [-0.15, -0.1) is 0 Å². The fourth-order valence-corrected chi connectivity index (χ4v) is 4.55. The first-order valence-corrected chi connectivity index (χ1v) is 14.0. The van der Waals surface area contributed by atoms with E-state index in [2.05, 4.69) is 42.0 Å². The Balaban J connectivity index is 1.89. The van der Waals surface area contributed by atoms with Crippen LogP contribution in [0.5, 0.6) is 5.75 Å². The molecule has 0 bridgehead atoms. The Kier molecular flexibility index (Phi) is 10.5. The van der Waals surface area contributed by atoms with Gasteiger partial charge in [0.1, 0.15) is 11.8 Å². The summed E-state index contributed by atoms with van der Waals surface area (Å²) in [6.07, 6.45) is 1.21. The Morgan fingerprint density at radius 3 is 2.21 bits per heavy atom. The fourth-order valence-electron chi connectivity index (χ4n) is 4.11. The van der Waals surface area contributed by atoms with Crippen LogP contribution in [0.4, 0.5) is 0 Å². The van der Waals surface area contributed by atoms with Crippen LogP contribution in [-0.4, -0.2) is 35.4 Å². The maximum absolute atomic E-state index is 13.7. The van der Waals surface area contributed by atoms with E-state index in [9.17, 15) is 9.59 Å². The molecule has 3 aromatic rings. The minimum absolute atomic E-state index is 0.00109. The van der Waals surface area contributed by atoms with Crippen LogP contribution >= 0.6 is 15.9 Å². The normalized spacial score (nSPS) is 12.9. The summed E-state index contributed by atoms with van der Waals surface area (Å²) >= 11 is 3.52. The predicted molar refractivity (Wildman–Crippen MR) is 157 cm³/mol. The molecule has 3 aromatic carbocycles. The predicted octanol–water partition coefficient (Wildman–Crippen LogP) is 6.68. The molecule has 0 aliphatic heterocycles. The Labute approximate surface area is 235 Å². The highest BCUT2D eigenvalue weighted by Crippen LogP contribution is 2.24. The summed E-state index contributed by atoms with van der Waals surface area (Å²) in [6, 6.07) is 24.8. The molecule has 0 aliphatic rings. The van der Waals surface area contributed by atoms with Gasteiger partial charge in [-0.25, -0.2) is 0 Å². The second kappa shape index (κ2) is 13.6. The van der Waals surface area contributed by atoms with E-state index in [1.807, 2.05) is 92.7 Å². The van der Waals surface area contributed by atoms with Crippen molar-refractivity contribution in [1.29, 1.82) is 0 Å². The molecule has 0 fully saturated rings. The molecule has 0 unspecified atom stereocenters. The van der Waals surface area contributed by atoms with Crippen molar-refractivity contribution in [1.82, 2.24) is 10.2 Å². The minimum Gasteiger partial charge on any atom is -0.484 e. The Hall–Kier alpha value is -3.12. The first kappa shape index (κ1) is 29.4. The van der Waals surface area contributed by atoms with Gasteiger partial charge in [-0.3, -0.25) is 9.59 Å². The minimum atomic E-state index is -0.690. The quantitative estimate of drug-likeness (QED) is 0.276. The zero-order chi connectivity index (χ0) is 27.7. The van der Waals surface area contributed by atoms with E-state index in [-0.39, 0.29) is 36.4 Å². The second-order valence-electron chi connectivity index (χ2n) is 10.7. The standard InChI is InChI=1S/C32H39BrN2O3/c1-6-23(2)34-31(37)29(20-24-11-8-7-9-12-24)35(21-25-13-10-14-27(33)19-25)30(36)22-38-28-17-15-26(16-18-28)32(3,4)5/h7-19,23,29H,6,20-22H2,1-5H3,(H,34,37)/t23-,29-/m1/s1. The van der Waals surface area contributed by atoms with Gasteiger partial charge in [0.05, 0.1) is 0 Å². The number of nitrogens with one attached hydrogen (secondary N) is 1. The number of carbonyl (C=O) groups excluding carboxylic acids is 2. The van der Waals surface area contributed by atoms with Crippen molar-refractivity contribution in [3.8, 4) is 5.75 Å². The molecule has 1 N–H and O–H groups in total. The molecule has 0 aromatic heterocycles. The van der Waals surface area contributed by atoms with Crippen LogP contribution < -0.4 is 10.1 Å². The van der Waals surface area contributed by atoms with Gasteiger partial charge in [-0.05, 0) is 59.7 Å². The summed E-state index contributed by atoms with van der Waals surface area (Å²) in [5, 5.41) is 3.09. The first-order chi connectivity index (χ1) is 18.1. The van der Waals surface area contributed by atoms with Crippen molar-refractivity contribution in [3.05, 3.63) is 100 Å². The van der Waals surface area contributed by atoms with Crippen LogP contribution in [0.15, 0.2) is 83.3 Å². The molecule has 5 nitrogen and oxygen atoms in total. The number of ether oxygens (including phenoxy) is 1. The summed E-state index contributed by atoms with van der Waals surface area (Å²) in [6.45, 7) is 10.6. The molecule has 2 amide bonds. The molecular weight excluding hydrogens is 540 g/mol. The second-order valence-corrected chi connectivity index (χ2v) is 11.7. The molecule has 0 saturated carbocycles. The lowest BCUT2D eigenvalue weighted by atomic mass is 9.87. The summed E-state index contributed by atoms with van der Waals surface area (Å²) < 4.78 is 6.85. The van der Waals surface area contributed by atoms with Gasteiger partial charge in [-0.1, -0.05) is 98.2 Å². The molecule has 0 heterocycles. The Morgan fingerprint density at radius 1 is 0.947 bits per heavy atom. The van der Waals surface area contributed by atoms with E-state index in [0.29, 0.717) is 12.2 Å². The molecule has 0 spiro atoms. The van der Waals surface area contributed by atoms with E-state index >= 15 is 0 Å². The molecule has 0 aliphatic carbocycles. The highest BCUT2D eigenvalue weighted by atomic mass is 79.9. The van der Waals surface area contributed by atoms with Crippen LogP contribution in [0.25, 0.3) is 0 Å². The maximum atomic E-state index is 13.7. The zero-order valence-corrected chi connectivity index (χ0v) is 24.6. The van der Waals surface area contributed by atoms with E-state index in [1.54, 1.807) is 4.90 Å². The number of nitrogens with zero attached hydrogens (tertiary/aromatic N) is 1. The summed E-state index contributed by atoms with van der Waals surface area (Å²) in [5.41, 5.74) is 3.14. The highest BCUT2D eigenvalue weighted by Gasteiger charge is 2.31. The number of amides is 2. The zero-order valence-electron chi connectivity index (χ0n) is 23.0. The van der Waals surface area contributed by atoms with Crippen LogP contribution in [0.1, 0.15) is 57.7 Å². The number of halogens is 1. The molecule has 2 atom stereocenters. The highest BCUT2D eigenvalue weighted by molar-refractivity contribution is 9.10. The molecule has 38 heavy (non-hydrogen) atoms. The van der Waals surface area contributed by atoms with E-state index in [0.717, 1.165) is 22.0 Å². The van der Waals surface area contributed by atoms with Gasteiger partial charge < -0.3 is 15.0 Å². The lowest BCUT2D eigenvalue weighted by Crippen LogP contribution is -2.53. The van der Waals surface area contributed by atoms with Crippen LogP contribution in [0.2, 0.25) is 0 Å². The van der Waals surface area contributed by atoms with Crippen LogP contribution in [0, 0.1) is 0 Å². The molecular formula is C32H39BrN2O3. The van der Waals surface area contributed by atoms with Gasteiger partial charge in [0.25, 0.3) is 5.91 Å². The largest absolute Gasteiger partial charge is 0.484 e. The lowest BCUT2D eigenvalue weighted by molar-refractivity contribution is -0.143. The average molecular weight is 580 g/mol. The number of rotatable bonds is 11. The third kappa shape index (κ3) is 8.73. The molecule has 3 rings (SSSR count). The Bertz CT molecular complexity index is 1190. The van der Waals surface area contributed by atoms with Crippen molar-refractivity contribution in [2.45, 2.75) is 71.5 Å². The SMILES string of the molecule is CC[C@@H](C)NC(=O)[C@@H](Cc1ccccc1)N(Cc1cccc(Br)c1)C(=O)COc1ccc(C(C)(C)C)cc1. The molecule has 0 radical (unpaired) electrons. The average Bonchev–Trinajstić information content (AvgIpc) is 2.89.